The third-order valence-corrected chi connectivity index (χ3v) is 4.70. The molecule has 0 saturated carbocycles. The van der Waals surface area contributed by atoms with E-state index in [4.69, 9.17) is 21.6 Å². The van der Waals surface area contributed by atoms with E-state index in [9.17, 15) is 0 Å². The molecule has 1 N–H and O–H groups in total. The van der Waals surface area contributed by atoms with Crippen molar-refractivity contribution in [1.82, 2.24) is 14.8 Å². The van der Waals surface area contributed by atoms with Crippen LogP contribution in [0.15, 0.2) is 18.3 Å². The lowest BCUT2D eigenvalue weighted by atomic mass is 9.92. The lowest BCUT2D eigenvalue weighted by Gasteiger charge is -2.32. The van der Waals surface area contributed by atoms with Crippen LogP contribution in [-0.4, -0.2) is 27.9 Å². The van der Waals surface area contributed by atoms with Crippen molar-refractivity contribution < 1.29 is 4.74 Å². The molecule has 0 aromatic carbocycles. The van der Waals surface area contributed by atoms with Crippen LogP contribution in [0.2, 0.25) is 5.02 Å². The maximum atomic E-state index is 9.04. The van der Waals surface area contributed by atoms with Crippen LogP contribution in [-0.2, 0) is 11.8 Å². The summed E-state index contributed by atoms with van der Waals surface area (Å²) in [6, 6.07) is 5.75. The number of anilines is 1. The number of pyridine rings is 1. The van der Waals surface area contributed by atoms with Gasteiger partial charge in [0.15, 0.2) is 0 Å². The second-order valence-corrected chi connectivity index (χ2v) is 6.43. The van der Waals surface area contributed by atoms with Gasteiger partial charge in [0.2, 0.25) is 0 Å². The highest BCUT2D eigenvalue weighted by molar-refractivity contribution is 6.33. The number of aryl methyl sites for hydroxylation is 2. The number of hydrogen-bond donors (Lipinski definition) is 1. The predicted molar refractivity (Wildman–Crippen MR) is 91.8 cm³/mol. The Morgan fingerprint density at radius 2 is 2.38 bits per heavy atom. The Balaban J connectivity index is 1.74. The molecule has 2 aromatic rings. The number of hydrogen-bond acceptors (Lipinski definition) is 5. The summed E-state index contributed by atoms with van der Waals surface area (Å²) in [6.45, 7) is 3.28. The van der Waals surface area contributed by atoms with Gasteiger partial charge < -0.3 is 10.1 Å². The number of nitrogens with zero attached hydrogens (tertiary/aromatic N) is 4. The SMILES string of the molecule is Cc1nc(NC[C@@H]2CCCO[C@H]2c2ccnn2C)c(Cl)cc1C#N. The molecule has 1 aliphatic heterocycles. The van der Waals surface area contributed by atoms with Gasteiger partial charge in [0.05, 0.1) is 22.0 Å². The first kappa shape index (κ1) is 16.7. The minimum absolute atomic E-state index is 0.0111. The van der Waals surface area contributed by atoms with Gasteiger partial charge in [-0.1, -0.05) is 11.6 Å². The quantitative estimate of drug-likeness (QED) is 0.920. The molecule has 1 fully saturated rings. The molecule has 0 spiro atoms. The van der Waals surface area contributed by atoms with Gasteiger partial charge in [0.1, 0.15) is 18.0 Å². The number of halogens is 1. The predicted octanol–water partition coefficient (Wildman–Crippen LogP) is 3.23. The summed E-state index contributed by atoms with van der Waals surface area (Å²) in [5.41, 5.74) is 2.25. The molecule has 2 atom stereocenters. The minimum atomic E-state index is 0.0111. The summed E-state index contributed by atoms with van der Waals surface area (Å²) in [4.78, 5) is 4.41. The topological polar surface area (TPSA) is 75.8 Å². The van der Waals surface area contributed by atoms with Crippen LogP contribution in [0.25, 0.3) is 0 Å². The number of aromatic nitrogens is 3. The summed E-state index contributed by atoms with van der Waals surface area (Å²) in [5.74, 6) is 0.922. The molecule has 3 rings (SSSR count). The zero-order chi connectivity index (χ0) is 17.1. The van der Waals surface area contributed by atoms with E-state index in [2.05, 4.69) is 21.5 Å². The van der Waals surface area contributed by atoms with Crippen molar-refractivity contribution in [2.24, 2.45) is 13.0 Å². The van der Waals surface area contributed by atoms with Crippen LogP contribution in [0.3, 0.4) is 0 Å². The van der Waals surface area contributed by atoms with Crippen LogP contribution in [0.1, 0.15) is 35.9 Å². The van der Waals surface area contributed by atoms with Crippen molar-refractivity contribution >= 4 is 17.4 Å². The fourth-order valence-corrected chi connectivity index (χ4v) is 3.31. The zero-order valence-corrected chi connectivity index (χ0v) is 14.5. The van der Waals surface area contributed by atoms with Gasteiger partial charge in [-0.05, 0) is 31.9 Å². The van der Waals surface area contributed by atoms with Crippen LogP contribution < -0.4 is 5.32 Å². The summed E-state index contributed by atoms with van der Waals surface area (Å²) in [6.07, 6.45) is 3.90. The second-order valence-electron chi connectivity index (χ2n) is 6.02. The summed E-state index contributed by atoms with van der Waals surface area (Å²) >= 11 is 6.24. The number of rotatable bonds is 4. The van der Waals surface area contributed by atoms with Gasteiger partial charge >= 0.3 is 0 Å². The average Bonchev–Trinajstić information content (AvgIpc) is 3.01. The van der Waals surface area contributed by atoms with Gasteiger partial charge in [0.25, 0.3) is 0 Å². The van der Waals surface area contributed by atoms with Crippen molar-refractivity contribution in [1.29, 1.82) is 5.26 Å². The van der Waals surface area contributed by atoms with E-state index < -0.39 is 0 Å². The van der Waals surface area contributed by atoms with Crippen LogP contribution in [0.5, 0.6) is 0 Å². The van der Waals surface area contributed by atoms with Crippen molar-refractivity contribution in [3.05, 3.63) is 40.3 Å². The highest BCUT2D eigenvalue weighted by Gasteiger charge is 2.29. The van der Waals surface area contributed by atoms with Gasteiger partial charge in [-0.2, -0.15) is 10.4 Å². The van der Waals surface area contributed by atoms with Crippen molar-refractivity contribution in [3.8, 4) is 6.07 Å². The molecule has 0 aliphatic carbocycles. The molecule has 0 radical (unpaired) electrons. The zero-order valence-electron chi connectivity index (χ0n) is 13.8. The molecule has 0 unspecified atom stereocenters. The Morgan fingerprint density at radius 1 is 1.54 bits per heavy atom. The van der Waals surface area contributed by atoms with Crippen LogP contribution >= 0.6 is 11.6 Å². The number of nitrogens with one attached hydrogen (secondary N) is 1. The van der Waals surface area contributed by atoms with E-state index in [0.29, 0.717) is 34.6 Å². The summed E-state index contributed by atoms with van der Waals surface area (Å²) in [7, 11) is 1.93. The van der Waals surface area contributed by atoms with E-state index >= 15 is 0 Å². The summed E-state index contributed by atoms with van der Waals surface area (Å²) < 4.78 is 7.86. The van der Waals surface area contributed by atoms with E-state index in [1.54, 1.807) is 12.3 Å². The van der Waals surface area contributed by atoms with Gasteiger partial charge in [-0.3, -0.25) is 4.68 Å². The van der Waals surface area contributed by atoms with Crippen LogP contribution in [0, 0.1) is 24.2 Å². The Kier molecular flexibility index (Phi) is 5.03. The molecule has 24 heavy (non-hydrogen) atoms. The lowest BCUT2D eigenvalue weighted by Crippen LogP contribution is -2.30. The fraction of sp³-hybridized carbons (Fsp3) is 0.471. The number of nitriles is 1. The molecular formula is C17H20ClN5O. The molecule has 2 aromatic heterocycles. The standard InChI is InChI=1S/C17H20ClN5O/c1-11-13(9-19)8-14(18)17(22-11)20-10-12-4-3-7-24-16(12)15-5-6-21-23(15)2/h5-6,8,12,16H,3-4,7,10H2,1-2H3,(H,20,22)/t12-,16+/m0/s1. The van der Waals surface area contributed by atoms with Gasteiger partial charge in [-0.15, -0.1) is 0 Å². The maximum Gasteiger partial charge on any atom is 0.145 e. The molecule has 1 aliphatic rings. The minimum Gasteiger partial charge on any atom is -0.372 e. The molecule has 126 valence electrons. The van der Waals surface area contributed by atoms with Crippen molar-refractivity contribution in [2.75, 3.05) is 18.5 Å². The van der Waals surface area contributed by atoms with Crippen LogP contribution in [0.4, 0.5) is 5.82 Å². The molecule has 6 nitrogen and oxygen atoms in total. The average molecular weight is 346 g/mol. The summed E-state index contributed by atoms with van der Waals surface area (Å²) in [5, 5.41) is 17.1. The Morgan fingerprint density at radius 3 is 3.08 bits per heavy atom. The first-order valence-electron chi connectivity index (χ1n) is 8.00. The third-order valence-electron chi connectivity index (χ3n) is 4.41. The van der Waals surface area contributed by atoms with Gasteiger partial charge in [-0.25, -0.2) is 4.98 Å². The first-order chi connectivity index (χ1) is 11.6. The Bertz CT molecular complexity index is 767. The highest BCUT2D eigenvalue weighted by atomic mass is 35.5. The van der Waals surface area contributed by atoms with E-state index in [-0.39, 0.29) is 6.10 Å². The van der Waals surface area contributed by atoms with Crippen molar-refractivity contribution in [3.63, 3.8) is 0 Å². The van der Waals surface area contributed by atoms with Gasteiger partial charge in [0, 0.05) is 32.3 Å². The smallest absolute Gasteiger partial charge is 0.145 e. The molecule has 3 heterocycles. The maximum absolute atomic E-state index is 9.04. The lowest BCUT2D eigenvalue weighted by molar-refractivity contribution is -0.0284. The molecule has 1 saturated heterocycles. The monoisotopic (exact) mass is 345 g/mol. The van der Waals surface area contributed by atoms with E-state index in [0.717, 1.165) is 25.1 Å². The second kappa shape index (κ2) is 7.20. The molecule has 0 bridgehead atoms. The highest BCUT2D eigenvalue weighted by Crippen LogP contribution is 2.34. The number of ether oxygens (including phenoxy) is 1. The van der Waals surface area contributed by atoms with E-state index in [1.165, 1.54) is 0 Å². The first-order valence-corrected chi connectivity index (χ1v) is 8.38. The normalized spacial score (nSPS) is 20.6. The third kappa shape index (κ3) is 3.37. The molecule has 7 heteroatoms. The molecular weight excluding hydrogens is 326 g/mol. The van der Waals surface area contributed by atoms with E-state index in [1.807, 2.05) is 24.7 Å². The Hall–Kier alpha value is -2.10. The fourth-order valence-electron chi connectivity index (χ4n) is 3.09. The van der Waals surface area contributed by atoms with Crippen molar-refractivity contribution in [2.45, 2.75) is 25.9 Å². The molecule has 0 amide bonds. The Labute approximate surface area is 146 Å². The largest absolute Gasteiger partial charge is 0.372 e.